The van der Waals surface area contributed by atoms with Crippen LogP contribution in [-0.4, -0.2) is 37.0 Å². The topological polar surface area (TPSA) is 125 Å². The van der Waals surface area contributed by atoms with Crippen molar-refractivity contribution in [2.75, 3.05) is 7.05 Å². The SMILES string of the molecule is C[N]c1nc([N]c2nc(C)nc([O])n2)nc(-c2ccccc2)n1. The third-order valence-corrected chi connectivity index (χ3v) is 2.76. The first-order chi connectivity index (χ1) is 11.1. The van der Waals surface area contributed by atoms with Gasteiger partial charge in [0.1, 0.15) is 5.82 Å². The maximum absolute atomic E-state index is 11.3. The van der Waals surface area contributed by atoms with Gasteiger partial charge >= 0.3 is 6.01 Å². The van der Waals surface area contributed by atoms with E-state index in [1.807, 2.05) is 30.3 Å². The number of nitrogens with zero attached hydrogens (tertiary/aromatic N) is 8. The van der Waals surface area contributed by atoms with E-state index in [1.54, 1.807) is 14.0 Å². The zero-order valence-electron chi connectivity index (χ0n) is 12.4. The number of rotatable bonds is 4. The van der Waals surface area contributed by atoms with E-state index in [4.69, 9.17) is 0 Å². The van der Waals surface area contributed by atoms with Crippen LogP contribution in [0.2, 0.25) is 0 Å². The van der Waals surface area contributed by atoms with Gasteiger partial charge in [0.2, 0.25) is 5.95 Å². The minimum Gasteiger partial charge on any atom is -0.253 e. The molecule has 0 fully saturated rings. The van der Waals surface area contributed by atoms with Crippen LogP contribution in [0.3, 0.4) is 0 Å². The molecule has 2 aromatic heterocycles. The molecule has 0 aliphatic heterocycles. The highest BCUT2D eigenvalue weighted by atomic mass is 16.3. The highest BCUT2D eigenvalue weighted by molar-refractivity contribution is 5.56. The summed E-state index contributed by atoms with van der Waals surface area (Å²) in [6, 6.07) is 8.71. The van der Waals surface area contributed by atoms with Crippen molar-refractivity contribution in [2.24, 2.45) is 0 Å². The summed E-state index contributed by atoms with van der Waals surface area (Å²) in [6.07, 6.45) is 0. The molecule has 9 heteroatoms. The van der Waals surface area contributed by atoms with Gasteiger partial charge in [-0.2, -0.15) is 35.2 Å². The summed E-state index contributed by atoms with van der Waals surface area (Å²) < 4.78 is 0. The molecule has 0 saturated heterocycles. The van der Waals surface area contributed by atoms with Gasteiger partial charge in [0.25, 0.3) is 11.9 Å². The van der Waals surface area contributed by atoms with Crippen molar-refractivity contribution in [2.45, 2.75) is 6.92 Å². The second-order valence-corrected chi connectivity index (χ2v) is 4.43. The summed E-state index contributed by atoms with van der Waals surface area (Å²) >= 11 is 0. The fourth-order valence-electron chi connectivity index (χ4n) is 1.80. The van der Waals surface area contributed by atoms with E-state index < -0.39 is 6.01 Å². The van der Waals surface area contributed by atoms with Crippen molar-refractivity contribution in [1.29, 1.82) is 0 Å². The average Bonchev–Trinajstić information content (AvgIpc) is 2.54. The Morgan fingerprint density at radius 2 is 1.52 bits per heavy atom. The van der Waals surface area contributed by atoms with Crippen LogP contribution in [0.5, 0.6) is 6.01 Å². The van der Waals surface area contributed by atoms with Crippen molar-refractivity contribution >= 4 is 17.8 Å². The molecular weight excluding hydrogens is 296 g/mol. The summed E-state index contributed by atoms with van der Waals surface area (Å²) in [5, 5.41) is 19.3. The van der Waals surface area contributed by atoms with Gasteiger partial charge in [0.15, 0.2) is 5.82 Å². The third kappa shape index (κ3) is 3.46. The van der Waals surface area contributed by atoms with Crippen LogP contribution in [0, 0.1) is 6.92 Å². The van der Waals surface area contributed by atoms with E-state index in [-0.39, 0.29) is 23.7 Å². The maximum atomic E-state index is 11.3. The second kappa shape index (κ2) is 6.18. The Balaban J connectivity index is 1.98. The highest BCUT2D eigenvalue weighted by Crippen LogP contribution is 2.19. The van der Waals surface area contributed by atoms with E-state index in [0.717, 1.165) is 5.56 Å². The van der Waals surface area contributed by atoms with E-state index in [1.165, 1.54) is 0 Å². The molecule has 1 aromatic carbocycles. The van der Waals surface area contributed by atoms with Crippen molar-refractivity contribution in [3.8, 4) is 17.4 Å². The van der Waals surface area contributed by atoms with Gasteiger partial charge in [0, 0.05) is 12.6 Å². The minimum absolute atomic E-state index is 0.0465. The summed E-state index contributed by atoms with van der Waals surface area (Å²) in [6.45, 7) is 1.58. The van der Waals surface area contributed by atoms with Crippen molar-refractivity contribution < 1.29 is 5.11 Å². The summed E-state index contributed by atoms with van der Waals surface area (Å²) in [7, 11) is 1.57. The number of hydrogen-bond acceptors (Lipinski definition) is 6. The van der Waals surface area contributed by atoms with Crippen LogP contribution in [-0.2, 0) is 5.11 Å². The fourth-order valence-corrected chi connectivity index (χ4v) is 1.80. The molecule has 2 heterocycles. The lowest BCUT2D eigenvalue weighted by atomic mass is 10.2. The molecule has 0 bridgehead atoms. The highest BCUT2D eigenvalue weighted by Gasteiger charge is 2.12. The van der Waals surface area contributed by atoms with E-state index in [9.17, 15) is 5.11 Å². The molecule has 23 heavy (non-hydrogen) atoms. The first kappa shape index (κ1) is 14.6. The fraction of sp³-hybridized carbons (Fsp3) is 0.143. The maximum Gasteiger partial charge on any atom is 0.372 e. The molecule has 0 unspecified atom stereocenters. The molecule has 0 spiro atoms. The van der Waals surface area contributed by atoms with Crippen molar-refractivity contribution in [3.63, 3.8) is 0 Å². The molecule has 0 aliphatic rings. The van der Waals surface area contributed by atoms with E-state index >= 15 is 0 Å². The Morgan fingerprint density at radius 3 is 2.22 bits per heavy atom. The lowest BCUT2D eigenvalue weighted by Crippen LogP contribution is -2.06. The van der Waals surface area contributed by atoms with Crippen LogP contribution < -0.4 is 10.6 Å². The Kier molecular flexibility index (Phi) is 3.91. The zero-order chi connectivity index (χ0) is 16.2. The monoisotopic (exact) mass is 307 g/mol. The molecule has 9 nitrogen and oxygen atoms in total. The Bertz CT molecular complexity index is 804. The van der Waals surface area contributed by atoms with E-state index in [2.05, 4.69) is 40.5 Å². The zero-order valence-corrected chi connectivity index (χ0v) is 12.4. The summed E-state index contributed by atoms with van der Waals surface area (Å²) in [5.41, 5.74) is 0.799. The quantitative estimate of drug-likeness (QED) is 0.720. The molecule has 0 atom stereocenters. The second-order valence-electron chi connectivity index (χ2n) is 4.43. The van der Waals surface area contributed by atoms with Crippen molar-refractivity contribution in [3.05, 3.63) is 36.2 Å². The van der Waals surface area contributed by atoms with E-state index in [0.29, 0.717) is 5.82 Å². The van der Waals surface area contributed by atoms with Gasteiger partial charge in [0.05, 0.1) is 0 Å². The van der Waals surface area contributed by atoms with Gasteiger partial charge in [-0.15, -0.1) is 0 Å². The molecule has 0 aliphatic carbocycles. The van der Waals surface area contributed by atoms with Gasteiger partial charge < -0.3 is 0 Å². The predicted octanol–water partition coefficient (Wildman–Crippen LogP) is 1.61. The van der Waals surface area contributed by atoms with Crippen LogP contribution in [0.15, 0.2) is 30.3 Å². The van der Waals surface area contributed by atoms with Crippen LogP contribution in [0.25, 0.3) is 11.4 Å². The van der Waals surface area contributed by atoms with Gasteiger partial charge in [-0.05, 0) is 6.92 Å². The average molecular weight is 307 g/mol. The summed E-state index contributed by atoms with van der Waals surface area (Å²) in [4.78, 5) is 23.7. The predicted molar refractivity (Wildman–Crippen MR) is 79.1 cm³/mol. The normalized spacial score (nSPS) is 10.3. The minimum atomic E-state index is -0.658. The Morgan fingerprint density at radius 1 is 0.826 bits per heavy atom. The smallest absolute Gasteiger partial charge is 0.253 e. The van der Waals surface area contributed by atoms with Crippen LogP contribution in [0.4, 0.5) is 17.8 Å². The number of benzene rings is 1. The molecule has 0 amide bonds. The number of aromatic nitrogens is 6. The molecule has 3 radical (unpaired) electrons. The van der Waals surface area contributed by atoms with Crippen LogP contribution in [0.1, 0.15) is 5.82 Å². The Hall–Kier alpha value is -3.36. The number of hydrogen-bond donors (Lipinski definition) is 0. The molecule has 3 aromatic rings. The molecule has 113 valence electrons. The third-order valence-electron chi connectivity index (χ3n) is 2.76. The van der Waals surface area contributed by atoms with Gasteiger partial charge in [-0.1, -0.05) is 30.3 Å². The first-order valence-electron chi connectivity index (χ1n) is 6.67. The molecular formula is C14H11N8O. The first-order valence-corrected chi connectivity index (χ1v) is 6.67. The Labute approximate surface area is 131 Å². The summed E-state index contributed by atoms with van der Waals surface area (Å²) in [5.74, 6) is 0.958. The number of aryl methyl sites for hydroxylation is 1. The largest absolute Gasteiger partial charge is 0.372 e. The van der Waals surface area contributed by atoms with Crippen molar-refractivity contribution in [1.82, 2.24) is 40.5 Å². The lowest BCUT2D eigenvalue weighted by Gasteiger charge is -2.05. The molecule has 0 saturated carbocycles. The standard InChI is InChI=1S/C14H11N8O/c1-8-16-12(22-14(23)17-8)21-13-19-10(18-11(15-2)20-13)9-6-4-3-5-7-9/h3-7H,1-2H3. The molecule has 3 rings (SSSR count). The molecule has 0 N–H and O–H groups in total. The van der Waals surface area contributed by atoms with Gasteiger partial charge in [-0.25, -0.2) is 5.11 Å². The lowest BCUT2D eigenvalue weighted by molar-refractivity contribution is 0.316. The van der Waals surface area contributed by atoms with Crippen LogP contribution >= 0.6 is 0 Å². The van der Waals surface area contributed by atoms with Gasteiger partial charge in [-0.3, -0.25) is 5.32 Å².